The van der Waals surface area contributed by atoms with Gasteiger partial charge >= 0.3 is 5.97 Å². The van der Waals surface area contributed by atoms with Gasteiger partial charge in [0.2, 0.25) is 5.91 Å². The lowest BCUT2D eigenvalue weighted by Crippen LogP contribution is -2.26. The van der Waals surface area contributed by atoms with Crippen molar-refractivity contribution in [3.8, 4) is 0 Å². The van der Waals surface area contributed by atoms with Gasteiger partial charge in [0, 0.05) is 0 Å². The molecule has 0 aliphatic carbocycles. The largest absolute Gasteiger partial charge is 0.481 e. The molecule has 0 unspecified atom stereocenters. The van der Waals surface area contributed by atoms with Crippen molar-refractivity contribution in [2.75, 3.05) is 0 Å². The highest BCUT2D eigenvalue weighted by atomic mass is 32.2. The molecule has 1 aliphatic rings. The number of nitrogens with one attached hydrogen (secondary N) is 1. The lowest BCUT2D eigenvalue weighted by Gasteiger charge is -1.99. The number of aryl methyl sites for hydroxylation is 1. The molecule has 21 heavy (non-hydrogen) atoms. The number of carboxylic acids is 1. The molecule has 0 bridgehead atoms. The third kappa shape index (κ3) is 4.16. The van der Waals surface area contributed by atoms with Crippen LogP contribution in [0.3, 0.4) is 0 Å². The smallest absolute Gasteiger partial charge is 0.305 e. The topological polar surface area (TPSA) is 91.1 Å². The number of aliphatic carboxylic acids is 1. The summed E-state index contributed by atoms with van der Waals surface area (Å²) in [6.07, 6.45) is -0.226. The molecule has 1 heterocycles. The second-order valence-corrected chi connectivity index (χ2v) is 5.84. The molecule has 0 aromatic heterocycles. The summed E-state index contributed by atoms with van der Waals surface area (Å²) in [6.45, 7) is 3.83. The molecule has 0 radical (unpaired) electrons. The van der Waals surface area contributed by atoms with Crippen molar-refractivity contribution < 1.29 is 14.7 Å². The molecule has 2 N–H and O–H groups in total. The van der Waals surface area contributed by atoms with E-state index in [0.717, 1.165) is 28.6 Å². The summed E-state index contributed by atoms with van der Waals surface area (Å²) in [7, 11) is 0. The molecule has 1 fully saturated rings. The van der Waals surface area contributed by atoms with E-state index in [1.54, 1.807) is 0 Å². The van der Waals surface area contributed by atoms with E-state index in [9.17, 15) is 9.59 Å². The van der Waals surface area contributed by atoms with Gasteiger partial charge in [0.15, 0.2) is 5.17 Å². The Morgan fingerprint density at radius 2 is 2.05 bits per heavy atom. The van der Waals surface area contributed by atoms with Gasteiger partial charge in [-0.15, -0.1) is 5.10 Å². The summed E-state index contributed by atoms with van der Waals surface area (Å²) >= 11 is 1.09. The summed E-state index contributed by atoms with van der Waals surface area (Å²) in [5.41, 5.74) is 2.83. The zero-order valence-corrected chi connectivity index (χ0v) is 12.5. The first kappa shape index (κ1) is 15.2. The quantitative estimate of drug-likeness (QED) is 0.655. The average Bonchev–Trinajstić information content (AvgIpc) is 2.77. The van der Waals surface area contributed by atoms with Gasteiger partial charge < -0.3 is 10.4 Å². The number of amidine groups is 1. The van der Waals surface area contributed by atoms with Crippen molar-refractivity contribution in [2.24, 2.45) is 10.2 Å². The Morgan fingerprint density at radius 3 is 2.67 bits per heavy atom. The molecule has 110 valence electrons. The molecule has 1 saturated heterocycles. The molecule has 0 spiro atoms. The predicted molar refractivity (Wildman–Crippen MR) is 82.6 cm³/mol. The summed E-state index contributed by atoms with van der Waals surface area (Å²) < 4.78 is 0. The summed E-state index contributed by atoms with van der Waals surface area (Å²) in [4.78, 5) is 22.2. The lowest BCUT2D eigenvalue weighted by atomic mass is 10.1. The van der Waals surface area contributed by atoms with E-state index in [2.05, 4.69) is 15.5 Å². The van der Waals surface area contributed by atoms with Gasteiger partial charge in [-0.3, -0.25) is 9.59 Å². The number of carboxylic acid groups (broad SMARTS) is 1. The second-order valence-electron chi connectivity index (χ2n) is 4.65. The van der Waals surface area contributed by atoms with Crippen LogP contribution in [0.2, 0.25) is 0 Å². The third-order valence-corrected chi connectivity index (χ3v) is 3.97. The minimum Gasteiger partial charge on any atom is -0.481 e. The van der Waals surface area contributed by atoms with Crippen LogP contribution in [0, 0.1) is 6.92 Å². The van der Waals surface area contributed by atoms with Crippen molar-refractivity contribution in [3.63, 3.8) is 0 Å². The van der Waals surface area contributed by atoms with E-state index in [1.807, 2.05) is 38.1 Å². The Hall–Kier alpha value is -2.15. The summed E-state index contributed by atoms with van der Waals surface area (Å²) in [5, 5.41) is 19.0. The maximum atomic E-state index is 11.5. The highest BCUT2D eigenvalue weighted by Crippen LogP contribution is 2.22. The molecule has 2 rings (SSSR count). The van der Waals surface area contributed by atoms with E-state index in [4.69, 9.17) is 5.11 Å². The number of carbonyl (C=O) groups is 2. The number of nitrogens with zero attached hydrogens (tertiary/aromatic N) is 2. The molecular formula is C14H15N3O3S. The maximum absolute atomic E-state index is 11.5. The molecule has 0 saturated carbocycles. The van der Waals surface area contributed by atoms with Gasteiger partial charge in [0.25, 0.3) is 0 Å². The van der Waals surface area contributed by atoms with E-state index < -0.39 is 11.2 Å². The van der Waals surface area contributed by atoms with Crippen LogP contribution in [0.15, 0.2) is 34.5 Å². The number of thioether (sulfide) groups is 1. The van der Waals surface area contributed by atoms with Crippen molar-refractivity contribution in [1.82, 2.24) is 5.32 Å². The van der Waals surface area contributed by atoms with Crippen LogP contribution in [0.25, 0.3) is 0 Å². The Bertz CT molecular complexity index is 623. The predicted octanol–water partition coefficient (Wildman–Crippen LogP) is 1.78. The van der Waals surface area contributed by atoms with E-state index in [-0.39, 0.29) is 12.3 Å². The van der Waals surface area contributed by atoms with Crippen LogP contribution in [0.5, 0.6) is 0 Å². The first-order valence-corrected chi connectivity index (χ1v) is 7.22. The fourth-order valence-corrected chi connectivity index (χ4v) is 2.63. The average molecular weight is 305 g/mol. The van der Waals surface area contributed by atoms with Crippen LogP contribution in [-0.2, 0) is 9.59 Å². The van der Waals surface area contributed by atoms with Crippen molar-refractivity contribution in [1.29, 1.82) is 0 Å². The van der Waals surface area contributed by atoms with E-state index in [1.165, 1.54) is 0 Å². The first-order valence-electron chi connectivity index (χ1n) is 6.34. The Labute approximate surface area is 126 Å². The first-order chi connectivity index (χ1) is 9.95. The van der Waals surface area contributed by atoms with Crippen LogP contribution in [0.4, 0.5) is 0 Å². The Kier molecular flexibility index (Phi) is 4.74. The number of amides is 1. The van der Waals surface area contributed by atoms with Gasteiger partial charge in [0.1, 0.15) is 5.25 Å². The third-order valence-electron chi connectivity index (χ3n) is 2.90. The molecular weight excluding hydrogens is 290 g/mol. The number of hydrogen-bond donors (Lipinski definition) is 2. The van der Waals surface area contributed by atoms with Gasteiger partial charge in [-0.2, -0.15) is 5.10 Å². The highest BCUT2D eigenvalue weighted by Gasteiger charge is 2.32. The minimum atomic E-state index is -1.01. The van der Waals surface area contributed by atoms with Crippen LogP contribution < -0.4 is 5.32 Å². The summed E-state index contributed by atoms with van der Waals surface area (Å²) in [6, 6.07) is 7.86. The van der Waals surface area contributed by atoms with Crippen molar-refractivity contribution >= 4 is 34.5 Å². The van der Waals surface area contributed by atoms with Gasteiger partial charge in [0.05, 0.1) is 12.1 Å². The zero-order valence-electron chi connectivity index (χ0n) is 11.7. The zero-order chi connectivity index (χ0) is 15.4. The van der Waals surface area contributed by atoms with Crippen LogP contribution >= 0.6 is 11.8 Å². The fourth-order valence-electron chi connectivity index (χ4n) is 1.72. The van der Waals surface area contributed by atoms with Crippen LogP contribution in [0.1, 0.15) is 24.5 Å². The van der Waals surface area contributed by atoms with Gasteiger partial charge in [-0.05, 0) is 19.4 Å². The molecule has 7 heteroatoms. The number of benzene rings is 1. The standard InChI is InChI=1S/C14H15N3O3S/c1-8-3-5-10(6-4-8)9(2)16-17-14-15-13(20)11(21-14)7-12(18)19/h3-6,11H,7H2,1-2H3,(H,18,19)(H,15,17,20)/b16-9-/t11-/m0/s1. The Balaban J connectivity index is 2.07. The summed E-state index contributed by atoms with van der Waals surface area (Å²) in [5.74, 6) is -1.35. The van der Waals surface area contributed by atoms with Crippen LogP contribution in [-0.4, -0.2) is 33.1 Å². The monoisotopic (exact) mass is 305 g/mol. The van der Waals surface area contributed by atoms with Gasteiger partial charge in [-0.1, -0.05) is 41.6 Å². The molecule has 1 aliphatic heterocycles. The van der Waals surface area contributed by atoms with Gasteiger partial charge in [-0.25, -0.2) is 0 Å². The fraction of sp³-hybridized carbons (Fsp3) is 0.286. The molecule has 1 amide bonds. The minimum absolute atomic E-state index is 0.226. The maximum Gasteiger partial charge on any atom is 0.305 e. The van der Waals surface area contributed by atoms with Crippen molar-refractivity contribution in [2.45, 2.75) is 25.5 Å². The number of carbonyl (C=O) groups excluding carboxylic acids is 1. The van der Waals surface area contributed by atoms with Crippen molar-refractivity contribution in [3.05, 3.63) is 35.4 Å². The Morgan fingerprint density at radius 1 is 1.38 bits per heavy atom. The normalized spacial score (nSPS) is 20.7. The lowest BCUT2D eigenvalue weighted by molar-refractivity contribution is -0.138. The molecule has 1 aromatic rings. The molecule has 1 aromatic carbocycles. The molecule has 1 atom stereocenters. The number of hydrogen-bond acceptors (Lipinski definition) is 5. The SMILES string of the molecule is C/C(=N/N=C1\NC(=O)[C@H](CC(=O)O)S1)c1ccc(C)cc1. The second kappa shape index (κ2) is 6.53. The number of rotatable bonds is 4. The van der Waals surface area contributed by atoms with E-state index >= 15 is 0 Å². The molecule has 6 nitrogen and oxygen atoms in total. The van der Waals surface area contributed by atoms with E-state index in [0.29, 0.717) is 5.17 Å². The highest BCUT2D eigenvalue weighted by molar-refractivity contribution is 8.15.